The Morgan fingerprint density at radius 1 is 0.909 bits per heavy atom. The lowest BCUT2D eigenvalue weighted by Gasteiger charge is -2.38. The average Bonchev–Trinajstić information content (AvgIpc) is 3.12. The SMILES string of the molecule is O=C1[C@@H]2[C@H](C(=O)N1c1ccc3c(c1)OCO3)[C@@H]1C=C[C@@H]2CC1. The minimum absolute atomic E-state index is 0.0621. The molecule has 1 saturated carbocycles. The van der Waals surface area contributed by atoms with Crippen LogP contribution in [-0.4, -0.2) is 18.6 Å². The van der Waals surface area contributed by atoms with E-state index in [9.17, 15) is 9.59 Å². The molecule has 2 aliphatic heterocycles. The van der Waals surface area contributed by atoms with Crippen LogP contribution in [0.25, 0.3) is 0 Å². The van der Waals surface area contributed by atoms with Gasteiger partial charge >= 0.3 is 0 Å². The number of carbonyl (C=O) groups is 2. The molecule has 2 amide bonds. The Kier molecular flexibility index (Phi) is 2.30. The largest absolute Gasteiger partial charge is 0.454 e. The highest BCUT2D eigenvalue weighted by molar-refractivity contribution is 6.22. The van der Waals surface area contributed by atoms with Crippen LogP contribution in [-0.2, 0) is 9.59 Å². The van der Waals surface area contributed by atoms with Crippen LogP contribution >= 0.6 is 0 Å². The van der Waals surface area contributed by atoms with Gasteiger partial charge in [0.15, 0.2) is 11.5 Å². The third kappa shape index (κ3) is 1.43. The van der Waals surface area contributed by atoms with Gasteiger partial charge in [-0.2, -0.15) is 0 Å². The predicted octanol–water partition coefficient (Wildman–Crippen LogP) is 2.12. The zero-order valence-electron chi connectivity index (χ0n) is 11.9. The van der Waals surface area contributed by atoms with E-state index in [0.29, 0.717) is 17.2 Å². The van der Waals surface area contributed by atoms with Crippen LogP contribution in [0.4, 0.5) is 5.69 Å². The fraction of sp³-hybridized carbons (Fsp3) is 0.412. The van der Waals surface area contributed by atoms with Crippen molar-refractivity contribution in [2.75, 3.05) is 11.7 Å². The van der Waals surface area contributed by atoms with Gasteiger partial charge in [-0.05, 0) is 36.8 Å². The standard InChI is InChI=1S/C17H15NO4/c19-16-14-9-1-2-10(4-3-9)15(14)17(20)18(16)11-5-6-12-13(7-11)22-8-21-12/h1-2,5-7,9-10,14-15H,3-4,8H2/t9-,10-,14-,15+/m1/s1. The molecule has 0 N–H and O–H groups in total. The van der Waals surface area contributed by atoms with Gasteiger partial charge in [-0.15, -0.1) is 0 Å². The highest BCUT2D eigenvalue weighted by Gasteiger charge is 2.56. The molecule has 2 heterocycles. The molecule has 0 spiro atoms. The number of anilines is 1. The molecule has 22 heavy (non-hydrogen) atoms. The van der Waals surface area contributed by atoms with E-state index in [0.717, 1.165) is 12.8 Å². The molecule has 5 aliphatic rings. The van der Waals surface area contributed by atoms with Gasteiger partial charge in [0.2, 0.25) is 18.6 Å². The molecule has 4 atom stereocenters. The number of hydrogen-bond donors (Lipinski definition) is 0. The van der Waals surface area contributed by atoms with Crippen LogP contribution in [0, 0.1) is 23.7 Å². The predicted molar refractivity (Wildman–Crippen MR) is 77.4 cm³/mol. The van der Waals surface area contributed by atoms with Gasteiger partial charge in [0.1, 0.15) is 0 Å². The lowest BCUT2D eigenvalue weighted by atomic mass is 9.63. The summed E-state index contributed by atoms with van der Waals surface area (Å²) in [5.74, 6) is 1.19. The Balaban J connectivity index is 1.56. The normalized spacial score (nSPS) is 34.5. The maximum atomic E-state index is 12.8. The Labute approximate surface area is 127 Å². The number of ether oxygens (including phenoxy) is 2. The summed E-state index contributed by atoms with van der Waals surface area (Å²) in [4.78, 5) is 27.0. The molecule has 3 aliphatic carbocycles. The van der Waals surface area contributed by atoms with Gasteiger partial charge in [-0.1, -0.05) is 12.2 Å². The summed E-state index contributed by atoms with van der Waals surface area (Å²) >= 11 is 0. The van der Waals surface area contributed by atoms with E-state index in [1.807, 2.05) is 0 Å². The quantitative estimate of drug-likeness (QED) is 0.588. The number of amides is 2. The number of rotatable bonds is 1. The molecule has 2 bridgehead atoms. The van der Waals surface area contributed by atoms with Gasteiger partial charge in [0, 0.05) is 6.07 Å². The number of carbonyl (C=O) groups excluding carboxylic acids is 2. The third-order valence-electron chi connectivity index (χ3n) is 5.37. The van der Waals surface area contributed by atoms with Gasteiger partial charge in [-0.25, -0.2) is 4.90 Å². The molecular weight excluding hydrogens is 282 g/mol. The van der Waals surface area contributed by atoms with Gasteiger partial charge in [0.05, 0.1) is 17.5 Å². The maximum absolute atomic E-state index is 12.8. The van der Waals surface area contributed by atoms with Crippen LogP contribution in [0.3, 0.4) is 0 Å². The molecule has 1 aromatic rings. The summed E-state index contributed by atoms with van der Waals surface area (Å²) in [5.41, 5.74) is 0.591. The lowest BCUT2D eigenvalue weighted by Crippen LogP contribution is -2.38. The topological polar surface area (TPSA) is 55.8 Å². The fourth-order valence-corrected chi connectivity index (χ4v) is 4.35. The molecule has 0 aromatic heterocycles. The van der Waals surface area contributed by atoms with Gasteiger partial charge < -0.3 is 9.47 Å². The van der Waals surface area contributed by atoms with Crippen molar-refractivity contribution in [3.63, 3.8) is 0 Å². The van der Waals surface area contributed by atoms with E-state index in [1.54, 1.807) is 18.2 Å². The van der Waals surface area contributed by atoms with E-state index >= 15 is 0 Å². The third-order valence-corrected chi connectivity index (χ3v) is 5.37. The number of nitrogens with zero attached hydrogens (tertiary/aromatic N) is 1. The summed E-state index contributed by atoms with van der Waals surface area (Å²) in [6, 6.07) is 5.24. The van der Waals surface area contributed by atoms with E-state index < -0.39 is 0 Å². The Bertz CT molecular complexity index is 693. The summed E-state index contributed by atoms with van der Waals surface area (Å²) < 4.78 is 10.6. The first kappa shape index (κ1) is 12.3. The summed E-state index contributed by atoms with van der Waals surface area (Å²) in [6.07, 6.45) is 6.28. The van der Waals surface area contributed by atoms with Gasteiger partial charge in [-0.3, -0.25) is 9.59 Å². The number of fused-ring (bicyclic) bond motifs is 2. The fourth-order valence-electron chi connectivity index (χ4n) is 4.35. The lowest BCUT2D eigenvalue weighted by molar-refractivity contribution is -0.124. The van der Waals surface area contributed by atoms with Crippen LogP contribution in [0.15, 0.2) is 30.4 Å². The first-order valence-corrected chi connectivity index (χ1v) is 7.70. The van der Waals surface area contributed by atoms with Crippen molar-refractivity contribution in [2.24, 2.45) is 23.7 Å². The van der Waals surface area contributed by atoms with Crippen LogP contribution in [0.5, 0.6) is 11.5 Å². The van der Waals surface area contributed by atoms with Crippen molar-refractivity contribution in [1.82, 2.24) is 0 Å². The van der Waals surface area contributed by atoms with Crippen molar-refractivity contribution in [1.29, 1.82) is 0 Å². The number of imide groups is 1. The average molecular weight is 297 g/mol. The molecule has 1 aromatic carbocycles. The van der Waals surface area contributed by atoms with Crippen LogP contribution in [0.1, 0.15) is 12.8 Å². The highest BCUT2D eigenvalue weighted by atomic mass is 16.7. The molecule has 0 radical (unpaired) electrons. The van der Waals surface area contributed by atoms with Crippen molar-refractivity contribution in [3.8, 4) is 11.5 Å². The summed E-state index contributed by atoms with van der Waals surface area (Å²) in [6.45, 7) is 0.181. The Morgan fingerprint density at radius 3 is 2.18 bits per heavy atom. The zero-order valence-corrected chi connectivity index (χ0v) is 11.9. The second-order valence-electron chi connectivity index (χ2n) is 6.39. The number of hydrogen-bond acceptors (Lipinski definition) is 4. The first-order valence-electron chi connectivity index (χ1n) is 7.70. The minimum Gasteiger partial charge on any atom is -0.454 e. The van der Waals surface area contributed by atoms with Crippen molar-refractivity contribution in [3.05, 3.63) is 30.4 Å². The number of allylic oxidation sites excluding steroid dienone is 2. The Hall–Kier alpha value is -2.30. The molecule has 2 fully saturated rings. The van der Waals surface area contributed by atoms with Crippen molar-refractivity contribution < 1.29 is 19.1 Å². The molecule has 5 heteroatoms. The minimum atomic E-state index is -0.179. The van der Waals surface area contributed by atoms with E-state index in [4.69, 9.17) is 9.47 Å². The van der Waals surface area contributed by atoms with Gasteiger partial charge in [0.25, 0.3) is 0 Å². The molecule has 112 valence electrons. The molecular formula is C17H15NO4. The van der Waals surface area contributed by atoms with E-state index in [1.165, 1.54) is 4.90 Å². The van der Waals surface area contributed by atoms with E-state index in [-0.39, 0.29) is 42.3 Å². The summed E-state index contributed by atoms with van der Waals surface area (Å²) in [7, 11) is 0. The molecule has 1 saturated heterocycles. The number of benzene rings is 1. The Morgan fingerprint density at radius 2 is 1.55 bits per heavy atom. The van der Waals surface area contributed by atoms with Crippen molar-refractivity contribution in [2.45, 2.75) is 12.8 Å². The van der Waals surface area contributed by atoms with Crippen LogP contribution < -0.4 is 14.4 Å². The maximum Gasteiger partial charge on any atom is 0.238 e. The summed E-state index contributed by atoms with van der Waals surface area (Å²) in [5, 5.41) is 0. The smallest absolute Gasteiger partial charge is 0.238 e. The van der Waals surface area contributed by atoms with Crippen molar-refractivity contribution >= 4 is 17.5 Å². The first-order chi connectivity index (χ1) is 10.7. The highest BCUT2D eigenvalue weighted by Crippen LogP contribution is 2.51. The second kappa shape index (κ2) is 4.12. The zero-order chi connectivity index (χ0) is 14.8. The van der Waals surface area contributed by atoms with Crippen LogP contribution in [0.2, 0.25) is 0 Å². The second-order valence-corrected chi connectivity index (χ2v) is 6.39. The molecule has 6 rings (SSSR count). The monoisotopic (exact) mass is 297 g/mol. The molecule has 0 unspecified atom stereocenters. The van der Waals surface area contributed by atoms with E-state index in [2.05, 4.69) is 12.2 Å². The molecule has 5 nitrogen and oxygen atoms in total.